The van der Waals surface area contributed by atoms with E-state index in [1.807, 2.05) is 20.8 Å². The summed E-state index contributed by atoms with van der Waals surface area (Å²) in [6, 6.07) is 0.244. The highest BCUT2D eigenvalue weighted by molar-refractivity contribution is 5.76. The van der Waals surface area contributed by atoms with Crippen molar-refractivity contribution < 1.29 is 14.3 Å². The third-order valence-corrected chi connectivity index (χ3v) is 2.57. The van der Waals surface area contributed by atoms with Gasteiger partial charge in [0.25, 0.3) is 0 Å². The minimum Gasteiger partial charge on any atom is -0.469 e. The fourth-order valence-electron chi connectivity index (χ4n) is 1.29. The Morgan fingerprint density at radius 1 is 1.24 bits per heavy atom. The van der Waals surface area contributed by atoms with E-state index in [4.69, 9.17) is 0 Å². The van der Waals surface area contributed by atoms with Crippen molar-refractivity contribution in [2.24, 2.45) is 0 Å². The molecule has 0 fully saturated rings. The number of ether oxygens (including phenoxy) is 1. The number of hydrogen-bond donors (Lipinski definition) is 2. The van der Waals surface area contributed by atoms with Crippen LogP contribution in [0.1, 0.15) is 40.0 Å². The summed E-state index contributed by atoms with van der Waals surface area (Å²) >= 11 is 0. The summed E-state index contributed by atoms with van der Waals surface area (Å²) in [4.78, 5) is 22.4. The molecule has 0 radical (unpaired) electrons. The summed E-state index contributed by atoms with van der Waals surface area (Å²) in [6.45, 7) is 6.47. The molecule has 0 spiro atoms. The van der Waals surface area contributed by atoms with Crippen LogP contribution in [-0.2, 0) is 14.3 Å². The first-order valence-corrected chi connectivity index (χ1v) is 6.09. The van der Waals surface area contributed by atoms with Gasteiger partial charge in [-0.05, 0) is 20.3 Å². The van der Waals surface area contributed by atoms with Crippen LogP contribution in [0.4, 0.5) is 0 Å². The quantitative estimate of drug-likeness (QED) is 0.621. The van der Waals surface area contributed by atoms with E-state index in [1.165, 1.54) is 7.11 Å². The summed E-state index contributed by atoms with van der Waals surface area (Å²) in [5, 5.41) is 5.99. The fourth-order valence-corrected chi connectivity index (χ4v) is 1.29. The minimum absolute atomic E-state index is 0.0267. The number of methoxy groups -OCH3 is 1. The molecular formula is C12H24N2O3. The third kappa shape index (κ3) is 8.68. The van der Waals surface area contributed by atoms with Crippen molar-refractivity contribution in [2.45, 2.75) is 52.1 Å². The van der Waals surface area contributed by atoms with E-state index in [9.17, 15) is 9.59 Å². The van der Waals surface area contributed by atoms with Crippen LogP contribution >= 0.6 is 0 Å². The van der Waals surface area contributed by atoms with E-state index in [-0.39, 0.29) is 24.0 Å². The van der Waals surface area contributed by atoms with Gasteiger partial charge < -0.3 is 15.4 Å². The van der Waals surface area contributed by atoms with Crippen LogP contribution in [0, 0.1) is 0 Å². The van der Waals surface area contributed by atoms with Crippen LogP contribution in [0.25, 0.3) is 0 Å². The Kier molecular flexibility index (Phi) is 8.40. The van der Waals surface area contributed by atoms with Gasteiger partial charge in [0.1, 0.15) is 0 Å². The molecule has 0 aromatic heterocycles. The van der Waals surface area contributed by atoms with Crippen LogP contribution in [0.5, 0.6) is 0 Å². The smallest absolute Gasteiger partial charge is 0.307 e. The zero-order valence-electron chi connectivity index (χ0n) is 11.2. The predicted octanol–water partition coefficient (Wildman–Crippen LogP) is 0.832. The van der Waals surface area contributed by atoms with Gasteiger partial charge in [-0.25, -0.2) is 0 Å². The molecule has 0 saturated heterocycles. The lowest BCUT2D eigenvalue weighted by molar-refractivity contribution is -0.141. The maximum atomic E-state index is 11.4. The summed E-state index contributed by atoms with van der Waals surface area (Å²) in [5.74, 6) is -0.203. The molecular weight excluding hydrogens is 220 g/mol. The van der Waals surface area contributed by atoms with E-state index in [1.54, 1.807) is 0 Å². The van der Waals surface area contributed by atoms with Crippen molar-refractivity contribution in [3.63, 3.8) is 0 Å². The Morgan fingerprint density at radius 3 is 2.41 bits per heavy atom. The average molecular weight is 244 g/mol. The lowest BCUT2D eigenvalue weighted by atomic mass is 10.2. The number of nitrogens with one attached hydrogen (secondary N) is 2. The summed E-state index contributed by atoms with van der Waals surface area (Å²) in [5.41, 5.74) is 0. The van der Waals surface area contributed by atoms with Crippen LogP contribution in [-0.4, -0.2) is 37.6 Å². The van der Waals surface area contributed by atoms with E-state index >= 15 is 0 Å². The Morgan fingerprint density at radius 2 is 1.88 bits per heavy atom. The fraction of sp³-hybridized carbons (Fsp3) is 0.833. The number of carbonyl (C=O) groups excluding carboxylic acids is 2. The highest BCUT2D eigenvalue weighted by Crippen LogP contribution is 1.94. The van der Waals surface area contributed by atoms with E-state index in [0.717, 1.165) is 6.42 Å². The van der Waals surface area contributed by atoms with Gasteiger partial charge in [-0.3, -0.25) is 9.59 Å². The largest absolute Gasteiger partial charge is 0.469 e. The van der Waals surface area contributed by atoms with Crippen molar-refractivity contribution in [1.82, 2.24) is 10.6 Å². The van der Waals surface area contributed by atoms with Crippen molar-refractivity contribution in [3.8, 4) is 0 Å². The Balaban J connectivity index is 3.62. The maximum Gasteiger partial charge on any atom is 0.307 e. The summed E-state index contributed by atoms with van der Waals surface area (Å²) in [7, 11) is 1.37. The number of rotatable bonds is 8. The number of carbonyl (C=O) groups is 2. The highest BCUT2D eigenvalue weighted by atomic mass is 16.5. The second kappa shape index (κ2) is 8.98. The second-order valence-electron chi connectivity index (χ2n) is 4.26. The molecule has 2 N–H and O–H groups in total. The molecule has 0 aliphatic heterocycles. The third-order valence-electron chi connectivity index (χ3n) is 2.57. The first kappa shape index (κ1) is 15.9. The van der Waals surface area contributed by atoms with Gasteiger partial charge in [-0.15, -0.1) is 0 Å². The number of esters is 1. The van der Waals surface area contributed by atoms with Crippen LogP contribution in [0.3, 0.4) is 0 Å². The minimum atomic E-state index is -0.242. The molecule has 0 heterocycles. The molecule has 0 aliphatic rings. The maximum absolute atomic E-state index is 11.4. The molecule has 1 amide bonds. The first-order chi connectivity index (χ1) is 7.99. The molecule has 17 heavy (non-hydrogen) atoms. The SMILES string of the molecule is CCC(C)NC(=O)CCNC(C)CC(=O)OC. The van der Waals surface area contributed by atoms with E-state index in [0.29, 0.717) is 19.4 Å². The lowest BCUT2D eigenvalue weighted by Gasteiger charge is -2.14. The van der Waals surface area contributed by atoms with Gasteiger partial charge >= 0.3 is 5.97 Å². The van der Waals surface area contributed by atoms with Crippen LogP contribution in [0.2, 0.25) is 0 Å². The zero-order chi connectivity index (χ0) is 13.3. The average Bonchev–Trinajstić information content (AvgIpc) is 2.28. The van der Waals surface area contributed by atoms with E-state index in [2.05, 4.69) is 15.4 Å². The van der Waals surface area contributed by atoms with Crippen molar-refractivity contribution >= 4 is 11.9 Å². The molecule has 5 heteroatoms. The molecule has 0 rings (SSSR count). The summed E-state index contributed by atoms with van der Waals surface area (Å²) < 4.78 is 4.56. The van der Waals surface area contributed by atoms with Gasteiger partial charge in [0, 0.05) is 25.0 Å². The van der Waals surface area contributed by atoms with Crippen LogP contribution in [0.15, 0.2) is 0 Å². The molecule has 2 unspecified atom stereocenters. The summed E-state index contributed by atoms with van der Waals surface area (Å²) in [6.07, 6.45) is 1.68. The molecule has 0 bridgehead atoms. The molecule has 5 nitrogen and oxygen atoms in total. The normalized spacial score (nSPS) is 13.9. The van der Waals surface area contributed by atoms with Gasteiger partial charge in [-0.2, -0.15) is 0 Å². The topological polar surface area (TPSA) is 67.4 Å². The highest BCUT2D eigenvalue weighted by Gasteiger charge is 2.09. The van der Waals surface area contributed by atoms with Gasteiger partial charge in [-0.1, -0.05) is 6.92 Å². The Labute approximate surface area is 103 Å². The molecule has 0 aliphatic carbocycles. The van der Waals surface area contributed by atoms with Crippen molar-refractivity contribution in [1.29, 1.82) is 0 Å². The molecule has 0 aromatic rings. The second-order valence-corrected chi connectivity index (χ2v) is 4.26. The molecule has 100 valence electrons. The first-order valence-electron chi connectivity index (χ1n) is 6.09. The number of amides is 1. The van der Waals surface area contributed by atoms with Crippen LogP contribution < -0.4 is 10.6 Å². The molecule has 2 atom stereocenters. The monoisotopic (exact) mass is 244 g/mol. The van der Waals surface area contributed by atoms with Crippen molar-refractivity contribution in [3.05, 3.63) is 0 Å². The van der Waals surface area contributed by atoms with Gasteiger partial charge in [0.2, 0.25) is 5.91 Å². The molecule has 0 aromatic carbocycles. The van der Waals surface area contributed by atoms with Crippen molar-refractivity contribution in [2.75, 3.05) is 13.7 Å². The lowest BCUT2D eigenvalue weighted by Crippen LogP contribution is -2.36. The Hall–Kier alpha value is -1.10. The molecule has 0 saturated carbocycles. The van der Waals surface area contributed by atoms with Gasteiger partial charge in [0.05, 0.1) is 13.5 Å². The Bertz CT molecular complexity index is 244. The standard InChI is InChI=1S/C12H24N2O3/c1-5-9(2)14-11(15)6-7-13-10(3)8-12(16)17-4/h9-10,13H,5-8H2,1-4H3,(H,14,15). The predicted molar refractivity (Wildman–Crippen MR) is 66.6 cm³/mol. The number of hydrogen-bond acceptors (Lipinski definition) is 4. The zero-order valence-corrected chi connectivity index (χ0v) is 11.2. The van der Waals surface area contributed by atoms with Gasteiger partial charge in [0.15, 0.2) is 0 Å². The van der Waals surface area contributed by atoms with E-state index < -0.39 is 0 Å².